The highest BCUT2D eigenvalue weighted by Gasteiger charge is 2.44. The van der Waals surface area contributed by atoms with Crippen LogP contribution in [-0.2, 0) is 17.6 Å². The average molecular weight is 411 g/mol. The van der Waals surface area contributed by atoms with Crippen LogP contribution in [0.4, 0.5) is 5.00 Å². The van der Waals surface area contributed by atoms with Gasteiger partial charge in [0.15, 0.2) is 0 Å². The van der Waals surface area contributed by atoms with Gasteiger partial charge < -0.3 is 11.1 Å². The Balaban J connectivity index is 1.53. The van der Waals surface area contributed by atoms with E-state index in [0.29, 0.717) is 16.5 Å². The maximum absolute atomic E-state index is 12.9. The molecule has 4 rings (SSSR count). The van der Waals surface area contributed by atoms with Gasteiger partial charge in [-0.05, 0) is 54.1 Å². The zero-order chi connectivity index (χ0) is 20.8. The largest absolute Gasteiger partial charge is 0.365 e. The second kappa shape index (κ2) is 7.60. The van der Waals surface area contributed by atoms with Crippen molar-refractivity contribution in [3.63, 3.8) is 0 Å². The molecule has 1 aromatic heterocycles. The number of carbonyl (C=O) groups excluding carboxylic acids is 2. The van der Waals surface area contributed by atoms with E-state index in [1.807, 2.05) is 18.2 Å². The summed E-state index contributed by atoms with van der Waals surface area (Å²) in [4.78, 5) is 26.3. The van der Waals surface area contributed by atoms with Gasteiger partial charge in [0.05, 0.1) is 5.56 Å². The molecule has 1 fully saturated rings. The van der Waals surface area contributed by atoms with Gasteiger partial charge >= 0.3 is 0 Å². The quantitative estimate of drug-likeness (QED) is 0.693. The van der Waals surface area contributed by atoms with Gasteiger partial charge in [0.2, 0.25) is 5.91 Å². The fourth-order valence-electron chi connectivity index (χ4n) is 4.65. The number of nitrogens with two attached hydrogens (primary N) is 1. The molecule has 0 radical (unpaired) electrons. The van der Waals surface area contributed by atoms with Crippen molar-refractivity contribution in [1.82, 2.24) is 0 Å². The standard InChI is InChI=1S/C24H30N2O2S/c1-4-24(2,3)15-10-11-16-19(12-15)29-23(20(16)21(25)27)26-22(28)18-13-17(18)14-8-6-5-7-9-14/h5-9,15,17-18H,4,10-13H2,1-3H3,(H2,25,27)(H,26,28)/t15-,17+,18-/m0/s1. The molecule has 154 valence electrons. The Morgan fingerprint density at radius 3 is 2.62 bits per heavy atom. The Morgan fingerprint density at radius 2 is 1.97 bits per heavy atom. The first-order valence-electron chi connectivity index (χ1n) is 10.6. The third-order valence-electron chi connectivity index (χ3n) is 7.12. The SMILES string of the molecule is CCC(C)(C)[C@H]1CCc2c(sc(NC(=O)[C@H]3C[C@@H]3c3ccccc3)c2C(N)=O)C1. The van der Waals surface area contributed by atoms with Gasteiger partial charge in [-0.3, -0.25) is 9.59 Å². The van der Waals surface area contributed by atoms with E-state index in [9.17, 15) is 9.59 Å². The van der Waals surface area contributed by atoms with Crippen LogP contribution in [0.5, 0.6) is 0 Å². The molecule has 1 aromatic carbocycles. The molecule has 5 heteroatoms. The van der Waals surface area contributed by atoms with Crippen LogP contribution in [0.15, 0.2) is 30.3 Å². The Kier molecular flexibility index (Phi) is 5.28. The van der Waals surface area contributed by atoms with Gasteiger partial charge in [0, 0.05) is 10.8 Å². The lowest BCUT2D eigenvalue weighted by Gasteiger charge is -2.36. The normalized spacial score (nSPS) is 23.3. The highest BCUT2D eigenvalue weighted by Crippen LogP contribution is 2.49. The monoisotopic (exact) mass is 410 g/mol. The molecule has 2 aliphatic carbocycles. The summed E-state index contributed by atoms with van der Waals surface area (Å²) in [5.74, 6) is 0.419. The van der Waals surface area contributed by atoms with Gasteiger partial charge in [0.1, 0.15) is 5.00 Å². The molecule has 0 bridgehead atoms. The molecule has 1 saturated carbocycles. The van der Waals surface area contributed by atoms with Crippen LogP contribution in [0.2, 0.25) is 0 Å². The predicted molar refractivity (Wildman–Crippen MR) is 118 cm³/mol. The summed E-state index contributed by atoms with van der Waals surface area (Å²) in [5, 5.41) is 3.71. The lowest BCUT2D eigenvalue weighted by Crippen LogP contribution is -2.29. The summed E-state index contributed by atoms with van der Waals surface area (Å²) in [6, 6.07) is 10.2. The van der Waals surface area contributed by atoms with Gasteiger partial charge in [-0.25, -0.2) is 0 Å². The molecule has 2 aromatic rings. The second-order valence-corrected chi connectivity index (χ2v) is 10.3. The number of fused-ring (bicyclic) bond motifs is 1. The lowest BCUT2D eigenvalue weighted by atomic mass is 9.69. The fourth-order valence-corrected chi connectivity index (χ4v) is 5.98. The zero-order valence-corrected chi connectivity index (χ0v) is 18.3. The Morgan fingerprint density at radius 1 is 1.24 bits per heavy atom. The van der Waals surface area contributed by atoms with Crippen LogP contribution >= 0.6 is 11.3 Å². The molecule has 2 amide bonds. The smallest absolute Gasteiger partial charge is 0.251 e. The molecular weight excluding hydrogens is 380 g/mol. The van der Waals surface area contributed by atoms with E-state index in [1.165, 1.54) is 10.4 Å². The Bertz CT molecular complexity index is 932. The maximum Gasteiger partial charge on any atom is 0.251 e. The molecule has 3 atom stereocenters. The summed E-state index contributed by atoms with van der Waals surface area (Å²) in [7, 11) is 0. The summed E-state index contributed by atoms with van der Waals surface area (Å²) in [6.45, 7) is 6.89. The van der Waals surface area contributed by atoms with Crippen molar-refractivity contribution in [3.05, 3.63) is 51.9 Å². The van der Waals surface area contributed by atoms with Crippen LogP contribution in [-0.4, -0.2) is 11.8 Å². The number of nitrogens with one attached hydrogen (secondary N) is 1. The van der Waals surface area contributed by atoms with Crippen molar-refractivity contribution in [1.29, 1.82) is 0 Å². The minimum Gasteiger partial charge on any atom is -0.365 e. The van der Waals surface area contributed by atoms with Crippen molar-refractivity contribution in [3.8, 4) is 0 Å². The second-order valence-electron chi connectivity index (χ2n) is 9.20. The number of carbonyl (C=O) groups is 2. The topological polar surface area (TPSA) is 72.2 Å². The van der Waals surface area contributed by atoms with Gasteiger partial charge in [-0.15, -0.1) is 11.3 Å². The highest BCUT2D eigenvalue weighted by atomic mass is 32.1. The number of thiophene rings is 1. The van der Waals surface area contributed by atoms with E-state index in [2.05, 4.69) is 38.2 Å². The number of hydrogen-bond acceptors (Lipinski definition) is 3. The van der Waals surface area contributed by atoms with Crippen LogP contribution in [0, 0.1) is 17.3 Å². The van der Waals surface area contributed by atoms with Crippen LogP contribution in [0.1, 0.15) is 72.3 Å². The van der Waals surface area contributed by atoms with Crippen molar-refractivity contribution >= 4 is 28.2 Å². The van der Waals surface area contributed by atoms with Gasteiger partial charge in [-0.1, -0.05) is 57.5 Å². The maximum atomic E-state index is 12.9. The highest BCUT2D eigenvalue weighted by molar-refractivity contribution is 7.17. The Labute approximate surface area is 176 Å². The fraction of sp³-hybridized carbons (Fsp3) is 0.500. The van der Waals surface area contributed by atoms with E-state index in [4.69, 9.17) is 5.73 Å². The van der Waals surface area contributed by atoms with Gasteiger partial charge in [0.25, 0.3) is 5.91 Å². The number of anilines is 1. The molecule has 29 heavy (non-hydrogen) atoms. The van der Waals surface area contributed by atoms with E-state index in [1.54, 1.807) is 11.3 Å². The number of amides is 2. The summed E-state index contributed by atoms with van der Waals surface area (Å²) >= 11 is 1.56. The molecule has 0 aliphatic heterocycles. The summed E-state index contributed by atoms with van der Waals surface area (Å²) in [6.07, 6.45) is 4.89. The molecule has 1 heterocycles. The Hall–Kier alpha value is -2.14. The third-order valence-corrected chi connectivity index (χ3v) is 8.29. The van der Waals surface area contributed by atoms with Crippen molar-refractivity contribution in [2.24, 2.45) is 23.0 Å². The van der Waals surface area contributed by atoms with Gasteiger partial charge in [-0.2, -0.15) is 0 Å². The molecular formula is C24H30N2O2S. The minimum absolute atomic E-state index is 0.00499. The molecule has 3 N–H and O–H groups in total. The summed E-state index contributed by atoms with van der Waals surface area (Å²) in [5.41, 5.74) is 8.82. The van der Waals surface area contributed by atoms with E-state index in [0.717, 1.165) is 37.7 Å². The lowest BCUT2D eigenvalue weighted by molar-refractivity contribution is -0.117. The first kappa shape index (κ1) is 20.1. The van der Waals surface area contributed by atoms with Crippen molar-refractivity contribution in [2.75, 3.05) is 5.32 Å². The molecule has 0 unspecified atom stereocenters. The molecule has 0 spiro atoms. The van der Waals surface area contributed by atoms with Crippen molar-refractivity contribution < 1.29 is 9.59 Å². The first-order chi connectivity index (χ1) is 13.8. The number of rotatable bonds is 6. The van der Waals surface area contributed by atoms with Crippen molar-refractivity contribution in [2.45, 2.75) is 58.8 Å². The van der Waals surface area contributed by atoms with E-state index >= 15 is 0 Å². The first-order valence-corrected chi connectivity index (χ1v) is 11.4. The van der Waals surface area contributed by atoms with E-state index < -0.39 is 5.91 Å². The molecule has 4 nitrogen and oxygen atoms in total. The minimum atomic E-state index is -0.429. The van der Waals surface area contributed by atoms with Crippen LogP contribution < -0.4 is 11.1 Å². The van der Waals surface area contributed by atoms with Crippen LogP contribution in [0.25, 0.3) is 0 Å². The van der Waals surface area contributed by atoms with Crippen LogP contribution in [0.3, 0.4) is 0 Å². The number of primary amides is 1. The van der Waals surface area contributed by atoms with E-state index in [-0.39, 0.29) is 23.2 Å². The molecule has 0 saturated heterocycles. The average Bonchev–Trinajstić information content (AvgIpc) is 3.43. The zero-order valence-electron chi connectivity index (χ0n) is 17.5. The number of benzene rings is 1. The molecule has 2 aliphatic rings. The third kappa shape index (κ3) is 3.85. The predicted octanol–water partition coefficient (Wildman–Crippen LogP) is 5.13. The summed E-state index contributed by atoms with van der Waals surface area (Å²) < 4.78 is 0. The number of hydrogen-bond donors (Lipinski definition) is 2.